The number of nitrogen functional groups attached to an aromatic ring is 1. The van der Waals surface area contributed by atoms with Gasteiger partial charge in [-0.3, -0.25) is 10.1 Å². The quantitative estimate of drug-likeness (QED) is 0.412. The fourth-order valence-corrected chi connectivity index (χ4v) is 1.14. The first-order chi connectivity index (χ1) is 6.06. The second kappa shape index (κ2) is 3.30. The molecule has 0 aliphatic carbocycles. The molecule has 70 valence electrons. The van der Waals surface area contributed by atoms with Crippen molar-refractivity contribution in [2.24, 2.45) is 0 Å². The van der Waals surface area contributed by atoms with E-state index in [0.29, 0.717) is 5.69 Å². The van der Waals surface area contributed by atoms with Crippen LogP contribution in [-0.2, 0) is 0 Å². The largest absolute Gasteiger partial charge is 0.391 e. The molecule has 0 fully saturated rings. The van der Waals surface area contributed by atoms with Crippen molar-refractivity contribution < 1.29 is 4.92 Å². The van der Waals surface area contributed by atoms with Gasteiger partial charge in [-0.2, -0.15) is 0 Å². The van der Waals surface area contributed by atoms with Crippen molar-refractivity contribution in [2.45, 2.75) is 6.92 Å². The number of nitro groups is 1. The van der Waals surface area contributed by atoms with Gasteiger partial charge in [0.2, 0.25) is 0 Å². The van der Waals surface area contributed by atoms with E-state index in [-0.39, 0.29) is 11.4 Å². The van der Waals surface area contributed by atoms with E-state index >= 15 is 0 Å². The average Bonchev–Trinajstić information content (AvgIpc) is 2.08. The molecule has 5 nitrogen and oxygen atoms in total. The van der Waals surface area contributed by atoms with Crippen LogP contribution in [0.3, 0.4) is 0 Å². The molecule has 0 aliphatic heterocycles. The van der Waals surface area contributed by atoms with Crippen LogP contribution in [0.15, 0.2) is 12.1 Å². The maximum Gasteiger partial charge on any atom is 0.294 e. The summed E-state index contributed by atoms with van der Waals surface area (Å²) in [5.41, 5.74) is 7.09. The number of hydrogen-bond donors (Lipinski definition) is 2. The van der Waals surface area contributed by atoms with Crippen molar-refractivity contribution in [3.63, 3.8) is 0 Å². The van der Waals surface area contributed by atoms with Crippen LogP contribution in [0.1, 0.15) is 5.56 Å². The third-order valence-corrected chi connectivity index (χ3v) is 1.77. The molecule has 0 heterocycles. The normalized spacial score (nSPS) is 9.69. The fraction of sp³-hybridized carbons (Fsp3) is 0.250. The molecule has 1 aromatic rings. The summed E-state index contributed by atoms with van der Waals surface area (Å²) in [5.74, 6) is 0. The Labute approximate surface area is 75.7 Å². The molecule has 5 heteroatoms. The Morgan fingerprint density at radius 3 is 2.62 bits per heavy atom. The topological polar surface area (TPSA) is 81.2 Å². The summed E-state index contributed by atoms with van der Waals surface area (Å²) in [6.07, 6.45) is 0. The smallest absolute Gasteiger partial charge is 0.294 e. The van der Waals surface area contributed by atoms with Crippen molar-refractivity contribution >= 4 is 17.1 Å². The van der Waals surface area contributed by atoms with Crippen LogP contribution in [0, 0.1) is 17.0 Å². The zero-order valence-corrected chi connectivity index (χ0v) is 7.50. The number of nitrogens with one attached hydrogen (secondary N) is 1. The van der Waals surface area contributed by atoms with Crippen LogP contribution >= 0.6 is 0 Å². The van der Waals surface area contributed by atoms with Crippen molar-refractivity contribution in [2.75, 3.05) is 18.1 Å². The highest BCUT2D eigenvalue weighted by Gasteiger charge is 2.14. The molecule has 1 rings (SSSR count). The summed E-state index contributed by atoms with van der Waals surface area (Å²) in [6.45, 7) is 1.78. The van der Waals surface area contributed by atoms with E-state index in [2.05, 4.69) is 5.32 Å². The van der Waals surface area contributed by atoms with E-state index in [1.807, 2.05) is 0 Å². The zero-order chi connectivity index (χ0) is 10.0. The zero-order valence-electron chi connectivity index (χ0n) is 7.50. The number of benzene rings is 1. The minimum atomic E-state index is -0.483. The predicted octanol–water partition coefficient (Wildman–Crippen LogP) is 1.53. The summed E-state index contributed by atoms with van der Waals surface area (Å²) in [7, 11) is 1.68. The minimum absolute atomic E-state index is 0.0515. The minimum Gasteiger partial charge on any atom is -0.391 e. The van der Waals surface area contributed by atoms with Gasteiger partial charge in [-0.15, -0.1) is 0 Å². The number of nitrogens with two attached hydrogens (primary N) is 1. The van der Waals surface area contributed by atoms with Crippen LogP contribution in [0.25, 0.3) is 0 Å². The van der Waals surface area contributed by atoms with E-state index < -0.39 is 4.92 Å². The summed E-state index contributed by atoms with van der Waals surface area (Å²) < 4.78 is 0. The Morgan fingerprint density at radius 1 is 1.54 bits per heavy atom. The van der Waals surface area contributed by atoms with Gasteiger partial charge < -0.3 is 11.1 Å². The van der Waals surface area contributed by atoms with Gasteiger partial charge in [0.05, 0.1) is 10.6 Å². The fourth-order valence-electron chi connectivity index (χ4n) is 1.14. The van der Waals surface area contributed by atoms with Crippen molar-refractivity contribution in [1.29, 1.82) is 0 Å². The first kappa shape index (κ1) is 9.31. The third-order valence-electron chi connectivity index (χ3n) is 1.77. The second-order valence-corrected chi connectivity index (χ2v) is 2.75. The van der Waals surface area contributed by atoms with E-state index in [9.17, 15) is 10.1 Å². The molecule has 0 radical (unpaired) electrons. The summed E-state index contributed by atoms with van der Waals surface area (Å²) in [6, 6.07) is 3.22. The van der Waals surface area contributed by atoms with E-state index in [1.165, 1.54) is 6.07 Å². The molecule has 0 saturated heterocycles. The standard InChI is InChI=1S/C8H11N3O2/c1-5-3-6(10-2)8(9)7(4-5)11(12)13/h3-4,10H,9H2,1-2H3. The lowest BCUT2D eigenvalue weighted by atomic mass is 10.1. The molecule has 0 unspecified atom stereocenters. The molecule has 0 atom stereocenters. The van der Waals surface area contributed by atoms with Gasteiger partial charge >= 0.3 is 0 Å². The molecular weight excluding hydrogens is 170 g/mol. The van der Waals surface area contributed by atoms with E-state index in [4.69, 9.17) is 5.73 Å². The van der Waals surface area contributed by atoms with Gasteiger partial charge in [0.1, 0.15) is 5.69 Å². The predicted molar refractivity (Wildman–Crippen MR) is 51.8 cm³/mol. The van der Waals surface area contributed by atoms with Gasteiger partial charge in [0, 0.05) is 13.1 Å². The highest BCUT2D eigenvalue weighted by atomic mass is 16.6. The lowest BCUT2D eigenvalue weighted by Gasteiger charge is -2.06. The Morgan fingerprint density at radius 2 is 2.15 bits per heavy atom. The molecule has 1 aromatic carbocycles. The molecule has 0 amide bonds. The number of rotatable bonds is 2. The molecular formula is C8H11N3O2. The van der Waals surface area contributed by atoms with Crippen LogP contribution in [-0.4, -0.2) is 12.0 Å². The SMILES string of the molecule is CNc1cc(C)cc([N+](=O)[O-])c1N. The highest BCUT2D eigenvalue weighted by Crippen LogP contribution is 2.30. The Kier molecular flexibility index (Phi) is 2.36. The Balaban J connectivity index is 3.35. The second-order valence-electron chi connectivity index (χ2n) is 2.75. The van der Waals surface area contributed by atoms with Crippen molar-refractivity contribution in [3.8, 4) is 0 Å². The van der Waals surface area contributed by atoms with Gasteiger partial charge in [-0.1, -0.05) is 0 Å². The van der Waals surface area contributed by atoms with Crippen molar-refractivity contribution in [1.82, 2.24) is 0 Å². The summed E-state index contributed by atoms with van der Waals surface area (Å²) >= 11 is 0. The van der Waals surface area contributed by atoms with Crippen LogP contribution in [0.5, 0.6) is 0 Å². The number of anilines is 2. The molecule has 0 spiro atoms. The van der Waals surface area contributed by atoms with E-state index in [0.717, 1.165) is 5.56 Å². The molecule has 0 aliphatic rings. The number of nitro benzene ring substituents is 1. The van der Waals surface area contributed by atoms with Crippen LogP contribution in [0.4, 0.5) is 17.1 Å². The number of hydrogen-bond acceptors (Lipinski definition) is 4. The first-order valence-electron chi connectivity index (χ1n) is 3.78. The van der Waals surface area contributed by atoms with Gasteiger partial charge in [-0.25, -0.2) is 0 Å². The lowest BCUT2D eigenvalue weighted by molar-refractivity contribution is -0.383. The number of aryl methyl sites for hydroxylation is 1. The lowest BCUT2D eigenvalue weighted by Crippen LogP contribution is -2.01. The van der Waals surface area contributed by atoms with E-state index in [1.54, 1.807) is 20.0 Å². The van der Waals surface area contributed by atoms with Crippen LogP contribution in [0.2, 0.25) is 0 Å². The maximum absolute atomic E-state index is 10.5. The molecule has 0 bridgehead atoms. The molecule has 3 N–H and O–H groups in total. The first-order valence-corrected chi connectivity index (χ1v) is 3.78. The molecule has 13 heavy (non-hydrogen) atoms. The van der Waals surface area contributed by atoms with Gasteiger partial charge in [0.25, 0.3) is 5.69 Å². The molecule has 0 saturated carbocycles. The molecule has 0 aromatic heterocycles. The highest BCUT2D eigenvalue weighted by molar-refractivity contribution is 5.76. The Hall–Kier alpha value is -1.78. The number of nitrogens with zero attached hydrogens (tertiary/aromatic N) is 1. The summed E-state index contributed by atoms with van der Waals surface area (Å²) in [5, 5.41) is 13.3. The maximum atomic E-state index is 10.5. The Bertz CT molecular complexity index is 349. The van der Waals surface area contributed by atoms with Gasteiger partial charge in [0.15, 0.2) is 0 Å². The van der Waals surface area contributed by atoms with Gasteiger partial charge in [-0.05, 0) is 18.6 Å². The van der Waals surface area contributed by atoms with Crippen LogP contribution < -0.4 is 11.1 Å². The third kappa shape index (κ3) is 1.69. The van der Waals surface area contributed by atoms with Crippen molar-refractivity contribution in [3.05, 3.63) is 27.8 Å². The average molecular weight is 181 g/mol. The summed E-state index contributed by atoms with van der Waals surface area (Å²) in [4.78, 5) is 10.1. The monoisotopic (exact) mass is 181 g/mol.